The van der Waals surface area contributed by atoms with Crippen LogP contribution in [0.4, 0.5) is 5.95 Å². The van der Waals surface area contributed by atoms with E-state index in [2.05, 4.69) is 55.5 Å². The van der Waals surface area contributed by atoms with Gasteiger partial charge in [-0.15, -0.1) is 0 Å². The van der Waals surface area contributed by atoms with E-state index in [9.17, 15) is 0 Å². The zero-order chi connectivity index (χ0) is 20.9. The highest BCUT2D eigenvalue weighted by Crippen LogP contribution is 2.23. The average molecular weight is 412 g/mol. The molecule has 4 aromatic rings. The van der Waals surface area contributed by atoms with E-state index in [1.807, 2.05) is 35.0 Å². The first-order chi connectivity index (χ1) is 15.3. The molecule has 0 unspecified atom stereocenters. The summed E-state index contributed by atoms with van der Waals surface area (Å²) in [5, 5.41) is 3.60. The van der Waals surface area contributed by atoms with Crippen LogP contribution in [0.25, 0.3) is 5.69 Å². The van der Waals surface area contributed by atoms with E-state index < -0.39 is 0 Å². The van der Waals surface area contributed by atoms with E-state index in [0.717, 1.165) is 37.5 Å². The van der Waals surface area contributed by atoms with Gasteiger partial charge in [0.2, 0.25) is 11.8 Å². The lowest BCUT2D eigenvalue weighted by Crippen LogP contribution is -2.52. The Kier molecular flexibility index (Phi) is 5.58. The van der Waals surface area contributed by atoms with Crippen LogP contribution in [-0.4, -0.2) is 45.2 Å². The maximum atomic E-state index is 5.99. The molecule has 0 bridgehead atoms. The van der Waals surface area contributed by atoms with Crippen molar-refractivity contribution in [3.05, 3.63) is 91.1 Å². The molecule has 1 aliphatic rings. The minimum atomic E-state index is 0.361. The molecule has 1 saturated heterocycles. The lowest BCUT2D eigenvalue weighted by atomic mass is 10.0. The van der Waals surface area contributed by atoms with Crippen molar-refractivity contribution in [2.75, 3.05) is 24.5 Å². The van der Waals surface area contributed by atoms with Crippen LogP contribution in [-0.2, 0) is 6.42 Å². The molecule has 0 aliphatic carbocycles. The smallest absolute Gasteiger partial charge is 0.228 e. The maximum Gasteiger partial charge on any atom is 0.228 e. The summed E-state index contributed by atoms with van der Waals surface area (Å²) in [5.41, 5.74) is 2.36. The molecule has 0 saturated carbocycles. The summed E-state index contributed by atoms with van der Waals surface area (Å²) >= 11 is 0. The lowest BCUT2D eigenvalue weighted by molar-refractivity contribution is 0.440. The summed E-state index contributed by atoms with van der Waals surface area (Å²) in [5.74, 6) is 1.97. The van der Waals surface area contributed by atoms with Crippen molar-refractivity contribution in [3.8, 4) is 17.3 Å². The molecule has 3 heterocycles. The number of nitrogens with zero attached hydrogens (tertiary/aromatic N) is 5. The Morgan fingerprint density at radius 2 is 1.87 bits per heavy atom. The third-order valence-electron chi connectivity index (χ3n) is 5.34. The van der Waals surface area contributed by atoms with Crippen molar-refractivity contribution in [3.63, 3.8) is 0 Å². The number of aromatic nitrogens is 4. The fraction of sp³-hybridized carbons (Fsp3) is 0.208. The summed E-state index contributed by atoms with van der Waals surface area (Å²) in [6.07, 6.45) is 8.17. The summed E-state index contributed by atoms with van der Waals surface area (Å²) in [6.45, 7) is 2.63. The van der Waals surface area contributed by atoms with Gasteiger partial charge < -0.3 is 19.5 Å². The van der Waals surface area contributed by atoms with Crippen molar-refractivity contribution in [2.45, 2.75) is 12.5 Å². The highest BCUT2D eigenvalue weighted by atomic mass is 16.5. The lowest BCUT2D eigenvalue weighted by Gasteiger charge is -2.33. The van der Waals surface area contributed by atoms with Gasteiger partial charge in [-0.2, -0.15) is 4.98 Å². The van der Waals surface area contributed by atoms with Gasteiger partial charge in [-0.3, -0.25) is 0 Å². The number of hydrogen-bond donors (Lipinski definition) is 1. The quantitative estimate of drug-likeness (QED) is 0.523. The Morgan fingerprint density at radius 3 is 2.68 bits per heavy atom. The molecule has 156 valence electrons. The Hall–Kier alpha value is -3.71. The van der Waals surface area contributed by atoms with Crippen molar-refractivity contribution >= 4 is 5.95 Å². The van der Waals surface area contributed by atoms with Gasteiger partial charge >= 0.3 is 0 Å². The van der Waals surface area contributed by atoms with Gasteiger partial charge in [0.05, 0.1) is 6.33 Å². The fourth-order valence-corrected chi connectivity index (χ4v) is 3.80. The Bertz CT molecular complexity index is 1100. The van der Waals surface area contributed by atoms with E-state index in [4.69, 9.17) is 4.74 Å². The second-order valence-electron chi connectivity index (χ2n) is 7.55. The van der Waals surface area contributed by atoms with E-state index in [-0.39, 0.29) is 0 Å². The van der Waals surface area contributed by atoms with Gasteiger partial charge in [0.15, 0.2) is 0 Å². The molecule has 7 heteroatoms. The minimum Gasteiger partial charge on any atom is -0.439 e. The molecule has 2 aromatic carbocycles. The zero-order valence-electron chi connectivity index (χ0n) is 17.1. The van der Waals surface area contributed by atoms with Crippen LogP contribution in [0.3, 0.4) is 0 Å². The fourth-order valence-electron chi connectivity index (χ4n) is 3.80. The monoisotopic (exact) mass is 412 g/mol. The Labute approximate surface area is 181 Å². The molecule has 7 nitrogen and oxygen atoms in total. The van der Waals surface area contributed by atoms with Gasteiger partial charge in [0.25, 0.3) is 0 Å². The molecule has 2 aromatic heterocycles. The molecule has 0 spiro atoms. The van der Waals surface area contributed by atoms with Crippen molar-refractivity contribution < 1.29 is 4.74 Å². The van der Waals surface area contributed by atoms with Gasteiger partial charge in [-0.1, -0.05) is 30.3 Å². The normalized spacial score (nSPS) is 16.3. The third kappa shape index (κ3) is 4.73. The summed E-state index contributed by atoms with van der Waals surface area (Å²) in [7, 11) is 0. The molecule has 5 rings (SSSR count). The van der Waals surface area contributed by atoms with Gasteiger partial charge in [-0.25, -0.2) is 9.97 Å². The van der Waals surface area contributed by atoms with Crippen molar-refractivity contribution in [1.29, 1.82) is 0 Å². The van der Waals surface area contributed by atoms with Crippen LogP contribution >= 0.6 is 0 Å². The zero-order valence-corrected chi connectivity index (χ0v) is 17.1. The summed E-state index contributed by atoms with van der Waals surface area (Å²) in [6, 6.07) is 20.5. The summed E-state index contributed by atoms with van der Waals surface area (Å²) in [4.78, 5) is 15.4. The average Bonchev–Trinajstić information content (AvgIpc) is 3.36. The predicted octanol–water partition coefficient (Wildman–Crippen LogP) is 3.48. The van der Waals surface area contributed by atoms with Crippen LogP contribution in [0.1, 0.15) is 5.56 Å². The van der Waals surface area contributed by atoms with E-state index in [0.29, 0.717) is 17.9 Å². The highest BCUT2D eigenvalue weighted by Gasteiger charge is 2.21. The van der Waals surface area contributed by atoms with Crippen molar-refractivity contribution in [2.24, 2.45) is 0 Å². The first-order valence-corrected chi connectivity index (χ1v) is 10.4. The molecule has 31 heavy (non-hydrogen) atoms. The molecule has 1 fully saturated rings. The second-order valence-corrected chi connectivity index (χ2v) is 7.55. The number of ether oxygens (including phenoxy) is 1. The van der Waals surface area contributed by atoms with Gasteiger partial charge in [0, 0.05) is 56.0 Å². The number of benzene rings is 2. The van der Waals surface area contributed by atoms with Crippen LogP contribution in [0.2, 0.25) is 0 Å². The summed E-state index contributed by atoms with van der Waals surface area (Å²) < 4.78 is 7.93. The first-order valence-electron chi connectivity index (χ1n) is 10.4. The molecule has 1 atom stereocenters. The standard InChI is InChI=1S/C24H24N6O/c1-2-4-19(5-3-1)16-20-17-29(15-13-26-20)24-27-11-10-23(28-24)31-22-8-6-21(7-9-22)30-14-12-25-18-30/h1-12,14,18,20,26H,13,15-17H2/t20-/m0/s1. The molecule has 0 radical (unpaired) electrons. The predicted molar refractivity (Wildman–Crippen MR) is 120 cm³/mol. The Morgan fingerprint density at radius 1 is 1.00 bits per heavy atom. The van der Waals surface area contributed by atoms with Gasteiger partial charge in [-0.05, 0) is 36.2 Å². The van der Waals surface area contributed by atoms with Crippen LogP contribution in [0, 0.1) is 0 Å². The molecule has 1 aliphatic heterocycles. The van der Waals surface area contributed by atoms with Gasteiger partial charge in [0.1, 0.15) is 5.75 Å². The molecule has 0 amide bonds. The number of imidazole rings is 1. The first kappa shape index (κ1) is 19.3. The maximum absolute atomic E-state index is 5.99. The number of anilines is 1. The van der Waals surface area contributed by atoms with Crippen molar-refractivity contribution in [1.82, 2.24) is 24.8 Å². The third-order valence-corrected chi connectivity index (χ3v) is 5.34. The SMILES string of the molecule is c1ccc(C[C@H]2CN(c3nccc(Oc4ccc(-n5ccnc5)cc4)n3)CCN2)cc1. The minimum absolute atomic E-state index is 0.361. The molecular formula is C24H24N6O. The highest BCUT2D eigenvalue weighted by molar-refractivity contribution is 5.40. The number of nitrogens with one attached hydrogen (secondary N) is 1. The number of rotatable bonds is 6. The largest absolute Gasteiger partial charge is 0.439 e. The number of hydrogen-bond acceptors (Lipinski definition) is 6. The van der Waals surface area contributed by atoms with Crippen LogP contribution in [0.5, 0.6) is 11.6 Å². The van der Waals surface area contributed by atoms with E-state index >= 15 is 0 Å². The van der Waals surface area contributed by atoms with Crippen LogP contribution < -0.4 is 15.0 Å². The topological polar surface area (TPSA) is 68.1 Å². The van der Waals surface area contributed by atoms with E-state index in [1.165, 1.54) is 5.56 Å². The number of piperazine rings is 1. The molecular weight excluding hydrogens is 388 g/mol. The van der Waals surface area contributed by atoms with Crippen LogP contribution in [0.15, 0.2) is 85.6 Å². The second kappa shape index (κ2) is 8.97. The Balaban J connectivity index is 1.25. The van der Waals surface area contributed by atoms with E-state index in [1.54, 1.807) is 24.8 Å². The molecule has 1 N–H and O–H groups in total.